The van der Waals surface area contributed by atoms with Crippen molar-refractivity contribution in [2.24, 2.45) is 11.8 Å². The molecule has 2 fully saturated rings. The Morgan fingerprint density at radius 3 is 2.77 bits per heavy atom. The second-order valence-electron chi connectivity index (χ2n) is 7.41. The Hall–Kier alpha value is -1.55. The molecule has 1 N–H and O–H groups in total. The Morgan fingerprint density at radius 2 is 2.04 bits per heavy atom. The number of hydrogen-bond donors (Lipinski definition) is 1. The maximum atomic E-state index is 6.34. The SMILES string of the molecule is C=C(Nc1ccc(Cl)c(Cl)c1)C1C2OC(CC2C)C1c1ccnc(C)c1. The third-order valence-electron chi connectivity index (χ3n) is 5.57. The number of ether oxygens (including phenoxy) is 1. The zero-order valence-electron chi connectivity index (χ0n) is 14.9. The van der Waals surface area contributed by atoms with Gasteiger partial charge in [0.05, 0.1) is 22.3 Å². The number of aromatic nitrogens is 1. The molecule has 0 amide bonds. The summed E-state index contributed by atoms with van der Waals surface area (Å²) in [5.74, 6) is 1.03. The fraction of sp³-hybridized carbons (Fsp3) is 0.381. The highest BCUT2D eigenvalue weighted by Gasteiger charge is 2.54. The number of rotatable bonds is 4. The number of pyridine rings is 1. The standard InChI is InChI=1S/C21H22Cl2N2O/c1-11-8-18-20(14-6-7-24-12(2)9-14)19(21(11)26-18)13(3)25-15-4-5-16(22)17(23)10-15/h4-7,9-11,18-21,25H,3,8H2,1-2H3. The van der Waals surface area contributed by atoms with Gasteiger partial charge >= 0.3 is 0 Å². The number of halogens is 2. The van der Waals surface area contributed by atoms with Gasteiger partial charge in [-0.25, -0.2) is 0 Å². The van der Waals surface area contributed by atoms with Crippen molar-refractivity contribution in [3.8, 4) is 0 Å². The van der Waals surface area contributed by atoms with Gasteiger partial charge in [-0.1, -0.05) is 36.7 Å². The maximum absolute atomic E-state index is 6.34. The summed E-state index contributed by atoms with van der Waals surface area (Å²) < 4.78 is 6.34. The Balaban J connectivity index is 1.63. The fourth-order valence-corrected chi connectivity index (χ4v) is 4.75. The monoisotopic (exact) mass is 388 g/mol. The lowest BCUT2D eigenvalue weighted by atomic mass is 9.70. The molecule has 4 rings (SSSR count). The van der Waals surface area contributed by atoms with Crippen LogP contribution in [0.2, 0.25) is 10.0 Å². The van der Waals surface area contributed by atoms with Gasteiger partial charge in [0, 0.05) is 35.1 Å². The summed E-state index contributed by atoms with van der Waals surface area (Å²) in [6.45, 7) is 8.64. The second-order valence-corrected chi connectivity index (χ2v) is 8.23. The molecule has 0 spiro atoms. The van der Waals surface area contributed by atoms with E-state index in [1.54, 1.807) is 6.07 Å². The summed E-state index contributed by atoms with van der Waals surface area (Å²) >= 11 is 12.2. The molecule has 3 nitrogen and oxygen atoms in total. The molecule has 0 saturated carbocycles. The molecule has 26 heavy (non-hydrogen) atoms. The van der Waals surface area contributed by atoms with E-state index in [9.17, 15) is 0 Å². The van der Waals surface area contributed by atoms with Gasteiger partial charge in [-0.15, -0.1) is 0 Å². The van der Waals surface area contributed by atoms with Crippen molar-refractivity contribution >= 4 is 28.9 Å². The molecule has 1 aromatic heterocycles. The minimum absolute atomic E-state index is 0.182. The number of nitrogens with one attached hydrogen (secondary N) is 1. The Bertz CT molecular complexity index is 854. The fourth-order valence-electron chi connectivity index (χ4n) is 4.45. The third kappa shape index (κ3) is 3.13. The molecule has 2 aromatic rings. The smallest absolute Gasteiger partial charge is 0.0695 e. The van der Waals surface area contributed by atoms with E-state index in [2.05, 4.69) is 35.9 Å². The van der Waals surface area contributed by atoms with Crippen LogP contribution in [0.4, 0.5) is 5.69 Å². The van der Waals surface area contributed by atoms with E-state index in [4.69, 9.17) is 27.9 Å². The molecule has 5 heteroatoms. The van der Waals surface area contributed by atoms with Crippen LogP contribution in [0.15, 0.2) is 48.8 Å². The number of anilines is 1. The normalized spacial score (nSPS) is 29.8. The predicted molar refractivity (Wildman–Crippen MR) is 107 cm³/mol. The summed E-state index contributed by atoms with van der Waals surface area (Å²) in [7, 11) is 0. The van der Waals surface area contributed by atoms with E-state index >= 15 is 0 Å². The highest BCUT2D eigenvalue weighted by atomic mass is 35.5. The van der Waals surface area contributed by atoms with E-state index in [-0.39, 0.29) is 18.1 Å². The van der Waals surface area contributed by atoms with Gasteiger partial charge in [0.25, 0.3) is 0 Å². The summed E-state index contributed by atoms with van der Waals surface area (Å²) in [6, 6.07) is 9.81. The van der Waals surface area contributed by atoms with Crippen molar-refractivity contribution in [1.82, 2.24) is 4.98 Å². The lowest BCUT2D eigenvalue weighted by Crippen LogP contribution is -2.33. The van der Waals surface area contributed by atoms with Gasteiger partial charge in [-0.05, 0) is 55.2 Å². The first-order chi connectivity index (χ1) is 12.4. The van der Waals surface area contributed by atoms with Gasteiger partial charge in [0.1, 0.15) is 0 Å². The van der Waals surface area contributed by atoms with Crippen molar-refractivity contribution in [3.05, 3.63) is 70.1 Å². The number of aryl methyl sites for hydroxylation is 1. The van der Waals surface area contributed by atoms with Crippen LogP contribution in [-0.4, -0.2) is 17.2 Å². The summed E-state index contributed by atoms with van der Waals surface area (Å²) in [5.41, 5.74) is 4.16. The average Bonchev–Trinajstić information content (AvgIpc) is 3.15. The van der Waals surface area contributed by atoms with Crippen molar-refractivity contribution in [1.29, 1.82) is 0 Å². The van der Waals surface area contributed by atoms with Crippen LogP contribution in [0.1, 0.15) is 30.5 Å². The minimum Gasteiger partial charge on any atom is -0.373 e. The molecule has 2 aliphatic rings. The number of benzene rings is 1. The van der Waals surface area contributed by atoms with Crippen molar-refractivity contribution in [2.75, 3.05) is 5.32 Å². The minimum atomic E-state index is 0.182. The van der Waals surface area contributed by atoms with E-state index in [1.165, 1.54) is 5.56 Å². The molecule has 2 aliphatic heterocycles. The Labute approximate surface area is 164 Å². The lowest BCUT2D eigenvalue weighted by molar-refractivity contribution is 0.0833. The highest BCUT2D eigenvalue weighted by Crippen LogP contribution is 2.53. The van der Waals surface area contributed by atoms with Crippen molar-refractivity contribution in [3.63, 3.8) is 0 Å². The largest absolute Gasteiger partial charge is 0.373 e. The van der Waals surface area contributed by atoms with E-state index in [0.717, 1.165) is 23.5 Å². The number of fused-ring (bicyclic) bond motifs is 2. The van der Waals surface area contributed by atoms with E-state index < -0.39 is 0 Å². The van der Waals surface area contributed by atoms with Gasteiger partial charge in [0.15, 0.2) is 0 Å². The van der Waals surface area contributed by atoms with Crippen LogP contribution in [0, 0.1) is 18.8 Å². The Kier molecular flexibility index (Phi) is 4.72. The molecule has 5 unspecified atom stereocenters. The quantitative estimate of drug-likeness (QED) is 0.715. The molecule has 136 valence electrons. The van der Waals surface area contributed by atoms with Crippen LogP contribution >= 0.6 is 23.2 Å². The zero-order valence-corrected chi connectivity index (χ0v) is 16.4. The van der Waals surface area contributed by atoms with Gasteiger partial charge in [-0.3, -0.25) is 4.98 Å². The lowest BCUT2D eigenvalue weighted by Gasteiger charge is -2.33. The first-order valence-corrected chi connectivity index (χ1v) is 9.68. The molecular weight excluding hydrogens is 367 g/mol. The third-order valence-corrected chi connectivity index (χ3v) is 6.31. The molecule has 3 heterocycles. The van der Waals surface area contributed by atoms with E-state index in [1.807, 2.05) is 25.3 Å². The second kappa shape index (κ2) is 6.88. The molecule has 2 bridgehead atoms. The summed E-state index contributed by atoms with van der Waals surface area (Å²) in [5, 5.41) is 4.52. The van der Waals surface area contributed by atoms with Crippen LogP contribution in [-0.2, 0) is 4.74 Å². The molecule has 2 saturated heterocycles. The first-order valence-electron chi connectivity index (χ1n) is 8.93. The van der Waals surface area contributed by atoms with E-state index in [0.29, 0.717) is 21.9 Å². The van der Waals surface area contributed by atoms with Crippen molar-refractivity contribution in [2.45, 2.75) is 38.4 Å². The average molecular weight is 389 g/mol. The van der Waals surface area contributed by atoms with Crippen LogP contribution < -0.4 is 5.32 Å². The van der Waals surface area contributed by atoms with Crippen molar-refractivity contribution < 1.29 is 4.74 Å². The highest BCUT2D eigenvalue weighted by molar-refractivity contribution is 6.42. The molecule has 1 aromatic carbocycles. The van der Waals surface area contributed by atoms with Crippen LogP contribution in [0.3, 0.4) is 0 Å². The van der Waals surface area contributed by atoms with Crippen LogP contribution in [0.5, 0.6) is 0 Å². The number of nitrogens with zero attached hydrogens (tertiary/aromatic N) is 1. The maximum Gasteiger partial charge on any atom is 0.0695 e. The summed E-state index contributed by atoms with van der Waals surface area (Å²) in [6.07, 6.45) is 3.38. The first kappa shape index (κ1) is 17.8. The number of hydrogen-bond acceptors (Lipinski definition) is 3. The molecule has 0 radical (unpaired) electrons. The molecular formula is C21H22Cl2N2O. The predicted octanol–water partition coefficient (Wildman–Crippen LogP) is 5.83. The molecule has 0 aliphatic carbocycles. The van der Waals surface area contributed by atoms with Gasteiger partial charge in [0.2, 0.25) is 0 Å². The molecule has 5 atom stereocenters. The van der Waals surface area contributed by atoms with Gasteiger partial charge in [-0.2, -0.15) is 0 Å². The Morgan fingerprint density at radius 1 is 1.23 bits per heavy atom. The zero-order chi connectivity index (χ0) is 18.4. The van der Waals surface area contributed by atoms with Gasteiger partial charge < -0.3 is 10.1 Å². The topological polar surface area (TPSA) is 34.1 Å². The van der Waals surface area contributed by atoms with Crippen LogP contribution in [0.25, 0.3) is 0 Å². The summed E-state index contributed by atoms with van der Waals surface area (Å²) in [4.78, 5) is 4.34.